The third-order valence-corrected chi connectivity index (χ3v) is 3.40. The molecule has 0 saturated heterocycles. The van der Waals surface area contributed by atoms with Crippen molar-refractivity contribution in [3.8, 4) is 11.4 Å². The Labute approximate surface area is 124 Å². The number of carbonyl (C=O) groups excluding carboxylic acids is 1. The highest BCUT2D eigenvalue weighted by atomic mass is 16.2. The van der Waals surface area contributed by atoms with Crippen molar-refractivity contribution in [3.63, 3.8) is 0 Å². The lowest BCUT2D eigenvalue weighted by Crippen LogP contribution is -2.48. The number of rotatable bonds is 5. The molecular weight excluding hydrogens is 266 g/mol. The smallest absolute Gasteiger partial charge is 0.244 e. The highest BCUT2D eigenvalue weighted by Gasteiger charge is 2.27. The predicted octanol–water partition coefficient (Wildman–Crippen LogP) is 1.94. The van der Waals surface area contributed by atoms with E-state index in [9.17, 15) is 4.79 Å². The van der Waals surface area contributed by atoms with Crippen LogP contribution in [0.3, 0.4) is 0 Å². The lowest BCUT2D eigenvalue weighted by Gasteiger charge is -2.22. The Balaban J connectivity index is 2.10. The maximum absolute atomic E-state index is 12.1. The second-order valence-corrected chi connectivity index (χ2v) is 5.46. The van der Waals surface area contributed by atoms with Crippen LogP contribution in [0.2, 0.25) is 0 Å². The quantitative estimate of drug-likeness (QED) is 0.880. The molecule has 2 rings (SSSR count). The molecule has 0 radical (unpaired) electrons. The zero-order valence-corrected chi connectivity index (χ0v) is 12.6. The Morgan fingerprint density at radius 1 is 1.38 bits per heavy atom. The summed E-state index contributed by atoms with van der Waals surface area (Å²) in [5.41, 5.74) is 6.82. The van der Waals surface area contributed by atoms with Crippen molar-refractivity contribution in [3.05, 3.63) is 30.6 Å². The number of nitrogens with one attached hydrogen (secondary N) is 1. The minimum Gasteiger partial charge on any atom is -0.325 e. The van der Waals surface area contributed by atoms with E-state index in [2.05, 4.69) is 15.5 Å². The summed E-state index contributed by atoms with van der Waals surface area (Å²) in [6, 6.07) is 7.47. The molecule has 1 aromatic heterocycles. The molecule has 0 spiro atoms. The van der Waals surface area contributed by atoms with E-state index in [1.54, 1.807) is 13.3 Å². The first-order valence-electron chi connectivity index (χ1n) is 6.99. The number of amides is 1. The van der Waals surface area contributed by atoms with Crippen LogP contribution in [0.1, 0.15) is 26.7 Å². The molecule has 1 unspecified atom stereocenters. The predicted molar refractivity (Wildman–Crippen MR) is 82.6 cm³/mol. The number of nitrogens with zero attached hydrogens (tertiary/aromatic N) is 3. The molecule has 3 N–H and O–H groups in total. The van der Waals surface area contributed by atoms with Crippen molar-refractivity contribution >= 4 is 11.6 Å². The Hall–Kier alpha value is -2.21. The zero-order valence-electron chi connectivity index (χ0n) is 12.6. The summed E-state index contributed by atoms with van der Waals surface area (Å²) in [7, 11) is 1.88. The van der Waals surface area contributed by atoms with Crippen LogP contribution in [0.15, 0.2) is 30.6 Å². The molecule has 21 heavy (non-hydrogen) atoms. The van der Waals surface area contributed by atoms with Gasteiger partial charge in [-0.05, 0) is 37.6 Å². The second-order valence-electron chi connectivity index (χ2n) is 5.46. The van der Waals surface area contributed by atoms with E-state index in [1.807, 2.05) is 42.8 Å². The molecule has 0 aliphatic carbocycles. The third-order valence-electron chi connectivity index (χ3n) is 3.40. The van der Waals surface area contributed by atoms with E-state index in [1.165, 1.54) is 0 Å². The van der Waals surface area contributed by atoms with Gasteiger partial charge in [-0.2, -0.15) is 0 Å². The van der Waals surface area contributed by atoms with Crippen LogP contribution in [0.5, 0.6) is 0 Å². The van der Waals surface area contributed by atoms with E-state index < -0.39 is 5.54 Å². The van der Waals surface area contributed by atoms with Gasteiger partial charge in [0, 0.05) is 18.3 Å². The van der Waals surface area contributed by atoms with Crippen LogP contribution >= 0.6 is 0 Å². The van der Waals surface area contributed by atoms with Crippen LogP contribution in [0, 0.1) is 0 Å². The van der Waals surface area contributed by atoms with E-state index in [-0.39, 0.29) is 5.91 Å². The fraction of sp³-hybridized carbons (Fsp3) is 0.400. The minimum atomic E-state index is -0.850. The Morgan fingerprint density at radius 2 is 2.05 bits per heavy atom. The van der Waals surface area contributed by atoms with Crippen LogP contribution in [0.25, 0.3) is 11.4 Å². The molecule has 1 aromatic carbocycles. The average Bonchev–Trinajstić information content (AvgIpc) is 2.86. The minimum absolute atomic E-state index is 0.171. The first-order chi connectivity index (χ1) is 9.94. The highest BCUT2D eigenvalue weighted by Crippen LogP contribution is 2.20. The fourth-order valence-corrected chi connectivity index (χ4v) is 2.15. The summed E-state index contributed by atoms with van der Waals surface area (Å²) in [5.74, 6) is 0.610. The molecule has 112 valence electrons. The zero-order chi connectivity index (χ0) is 15.5. The van der Waals surface area contributed by atoms with Crippen molar-refractivity contribution in [2.45, 2.75) is 32.2 Å². The van der Waals surface area contributed by atoms with Gasteiger partial charge in [-0.25, -0.2) is 0 Å². The van der Waals surface area contributed by atoms with Gasteiger partial charge in [0.25, 0.3) is 0 Å². The van der Waals surface area contributed by atoms with Crippen LogP contribution in [-0.2, 0) is 11.8 Å². The first-order valence-corrected chi connectivity index (χ1v) is 6.99. The van der Waals surface area contributed by atoms with Crippen LogP contribution < -0.4 is 11.1 Å². The summed E-state index contributed by atoms with van der Waals surface area (Å²) >= 11 is 0. The third kappa shape index (κ3) is 3.46. The monoisotopic (exact) mass is 287 g/mol. The number of benzene rings is 1. The topological polar surface area (TPSA) is 85.8 Å². The molecule has 0 aliphatic heterocycles. The van der Waals surface area contributed by atoms with Gasteiger partial charge in [0.15, 0.2) is 5.82 Å². The Morgan fingerprint density at radius 3 is 2.57 bits per heavy atom. The van der Waals surface area contributed by atoms with Crippen LogP contribution in [0.4, 0.5) is 5.69 Å². The maximum atomic E-state index is 12.1. The van der Waals surface area contributed by atoms with Gasteiger partial charge in [-0.3, -0.25) is 4.79 Å². The normalized spacial score (nSPS) is 13.7. The lowest BCUT2D eigenvalue weighted by atomic mass is 9.96. The number of carbonyl (C=O) groups is 1. The lowest BCUT2D eigenvalue weighted by molar-refractivity contribution is -0.120. The second kappa shape index (κ2) is 6.05. The average molecular weight is 287 g/mol. The van der Waals surface area contributed by atoms with E-state index >= 15 is 0 Å². The van der Waals surface area contributed by atoms with Crippen LogP contribution in [-0.4, -0.2) is 26.2 Å². The summed E-state index contributed by atoms with van der Waals surface area (Å²) < 4.78 is 1.84. The Kier molecular flexibility index (Phi) is 4.37. The van der Waals surface area contributed by atoms with Gasteiger partial charge in [-0.15, -0.1) is 10.2 Å². The summed E-state index contributed by atoms with van der Waals surface area (Å²) in [4.78, 5) is 12.1. The molecule has 0 bridgehead atoms. The molecule has 6 heteroatoms. The molecule has 1 atom stereocenters. The van der Waals surface area contributed by atoms with Crippen molar-refractivity contribution in [1.29, 1.82) is 0 Å². The van der Waals surface area contributed by atoms with Gasteiger partial charge >= 0.3 is 0 Å². The summed E-state index contributed by atoms with van der Waals surface area (Å²) in [5, 5.41) is 10.7. The largest absolute Gasteiger partial charge is 0.325 e. The fourth-order valence-electron chi connectivity index (χ4n) is 2.15. The van der Waals surface area contributed by atoms with Gasteiger partial charge < -0.3 is 15.6 Å². The van der Waals surface area contributed by atoms with E-state index in [0.29, 0.717) is 6.42 Å². The molecule has 0 aliphatic rings. The van der Waals surface area contributed by atoms with E-state index in [4.69, 9.17) is 5.73 Å². The SMILES string of the molecule is CCCC(C)(N)C(=O)Nc1ccc(-c2nncn2C)cc1. The van der Waals surface area contributed by atoms with Gasteiger partial charge in [0.2, 0.25) is 5.91 Å². The van der Waals surface area contributed by atoms with Crippen molar-refractivity contribution in [1.82, 2.24) is 14.8 Å². The molecule has 1 heterocycles. The number of aromatic nitrogens is 3. The van der Waals surface area contributed by atoms with Gasteiger partial charge in [0.1, 0.15) is 6.33 Å². The van der Waals surface area contributed by atoms with Crippen molar-refractivity contribution in [2.24, 2.45) is 12.8 Å². The Bertz CT molecular complexity index is 615. The number of aryl methyl sites for hydroxylation is 1. The number of hydrogen-bond acceptors (Lipinski definition) is 4. The van der Waals surface area contributed by atoms with Gasteiger partial charge in [0.05, 0.1) is 5.54 Å². The summed E-state index contributed by atoms with van der Waals surface area (Å²) in [6.07, 6.45) is 3.16. The molecule has 6 nitrogen and oxygen atoms in total. The van der Waals surface area contributed by atoms with Crippen molar-refractivity contribution in [2.75, 3.05) is 5.32 Å². The number of nitrogens with two attached hydrogens (primary N) is 1. The number of hydrogen-bond donors (Lipinski definition) is 2. The summed E-state index contributed by atoms with van der Waals surface area (Å²) in [6.45, 7) is 3.76. The molecule has 2 aromatic rings. The standard InChI is InChI=1S/C15H21N5O/c1-4-9-15(2,16)14(21)18-12-7-5-11(6-8-12)13-19-17-10-20(13)3/h5-8,10H,4,9,16H2,1-3H3,(H,18,21). The molecule has 0 fully saturated rings. The van der Waals surface area contributed by atoms with Gasteiger partial charge in [-0.1, -0.05) is 13.3 Å². The molecular formula is C15H21N5O. The maximum Gasteiger partial charge on any atom is 0.244 e. The molecule has 1 amide bonds. The number of anilines is 1. The highest BCUT2D eigenvalue weighted by molar-refractivity contribution is 5.97. The molecule has 0 saturated carbocycles. The first kappa shape index (κ1) is 15.2. The van der Waals surface area contributed by atoms with E-state index in [0.717, 1.165) is 23.5 Å². The van der Waals surface area contributed by atoms with Crippen molar-refractivity contribution < 1.29 is 4.79 Å².